The maximum absolute atomic E-state index is 12.5. The first-order valence-electron chi connectivity index (χ1n) is 7.68. The van der Waals surface area contributed by atoms with Crippen molar-refractivity contribution >= 4 is 28.9 Å². The third-order valence-electron chi connectivity index (χ3n) is 4.37. The van der Waals surface area contributed by atoms with E-state index in [0.717, 1.165) is 15.9 Å². The van der Waals surface area contributed by atoms with Gasteiger partial charge in [0.2, 0.25) is 5.91 Å². The minimum absolute atomic E-state index is 0.0750. The minimum Gasteiger partial charge on any atom is -0.439 e. The first kappa shape index (κ1) is 14.6. The monoisotopic (exact) mass is 329 g/mol. The maximum atomic E-state index is 12.5. The molecule has 1 aromatic carbocycles. The standard InChI is InChI=1S/C15H15N5O4/c21-13(8-19-12-4-2-1-3-11(12)16-17-19)18-6-5-10(7-18)20-14(22)9-24-15(20)23/h1-4,10H,5-9H2. The molecule has 0 N–H and O–H groups in total. The van der Waals surface area contributed by atoms with E-state index < -0.39 is 6.09 Å². The first-order valence-corrected chi connectivity index (χ1v) is 7.68. The second-order valence-corrected chi connectivity index (χ2v) is 5.84. The summed E-state index contributed by atoms with van der Waals surface area (Å²) in [4.78, 5) is 38.6. The van der Waals surface area contributed by atoms with Crippen LogP contribution in [0, 0.1) is 0 Å². The lowest BCUT2D eigenvalue weighted by Crippen LogP contribution is -2.42. The number of carbonyl (C=O) groups excluding carboxylic acids is 3. The van der Waals surface area contributed by atoms with Crippen LogP contribution in [0.5, 0.6) is 0 Å². The largest absolute Gasteiger partial charge is 0.439 e. The van der Waals surface area contributed by atoms with E-state index in [1.54, 1.807) is 9.58 Å². The van der Waals surface area contributed by atoms with Gasteiger partial charge in [0.05, 0.1) is 11.6 Å². The van der Waals surface area contributed by atoms with Gasteiger partial charge in [-0.05, 0) is 18.6 Å². The smallest absolute Gasteiger partial charge is 0.417 e. The van der Waals surface area contributed by atoms with E-state index in [0.29, 0.717) is 19.5 Å². The summed E-state index contributed by atoms with van der Waals surface area (Å²) in [6, 6.07) is 7.10. The van der Waals surface area contributed by atoms with E-state index in [-0.39, 0.29) is 31.0 Å². The third kappa shape index (κ3) is 2.38. The summed E-state index contributed by atoms with van der Waals surface area (Å²) in [6.07, 6.45) is -0.0633. The van der Waals surface area contributed by atoms with Crippen LogP contribution >= 0.6 is 0 Å². The molecule has 124 valence electrons. The van der Waals surface area contributed by atoms with Gasteiger partial charge >= 0.3 is 6.09 Å². The average molecular weight is 329 g/mol. The predicted octanol–water partition coefficient (Wildman–Crippen LogP) is 0.0110. The second kappa shape index (κ2) is 5.59. The van der Waals surface area contributed by atoms with Gasteiger partial charge in [-0.15, -0.1) is 5.10 Å². The topological polar surface area (TPSA) is 97.6 Å². The van der Waals surface area contributed by atoms with Crippen LogP contribution < -0.4 is 0 Å². The molecule has 0 saturated carbocycles. The summed E-state index contributed by atoms with van der Waals surface area (Å²) >= 11 is 0. The molecule has 24 heavy (non-hydrogen) atoms. The Bertz CT molecular complexity index is 816. The van der Waals surface area contributed by atoms with Crippen molar-refractivity contribution in [3.05, 3.63) is 24.3 Å². The van der Waals surface area contributed by atoms with Crippen LogP contribution in [0.4, 0.5) is 4.79 Å². The van der Waals surface area contributed by atoms with E-state index in [1.165, 1.54) is 0 Å². The molecule has 1 aromatic heterocycles. The van der Waals surface area contributed by atoms with Gasteiger partial charge in [-0.1, -0.05) is 17.3 Å². The molecule has 1 unspecified atom stereocenters. The van der Waals surface area contributed by atoms with E-state index >= 15 is 0 Å². The number of benzene rings is 1. The van der Waals surface area contributed by atoms with Crippen LogP contribution in [0.25, 0.3) is 11.0 Å². The van der Waals surface area contributed by atoms with Crippen LogP contribution in [-0.4, -0.2) is 68.4 Å². The number of para-hydroxylation sites is 1. The van der Waals surface area contributed by atoms with E-state index in [1.807, 2.05) is 24.3 Å². The quantitative estimate of drug-likeness (QED) is 0.787. The van der Waals surface area contributed by atoms with Crippen molar-refractivity contribution in [1.82, 2.24) is 24.8 Å². The Morgan fingerprint density at radius 2 is 2.12 bits per heavy atom. The van der Waals surface area contributed by atoms with Crippen molar-refractivity contribution in [3.63, 3.8) is 0 Å². The molecule has 0 bridgehead atoms. The Balaban J connectivity index is 1.44. The van der Waals surface area contributed by atoms with Crippen LogP contribution in [0.2, 0.25) is 0 Å². The van der Waals surface area contributed by atoms with Crippen molar-refractivity contribution < 1.29 is 19.1 Å². The van der Waals surface area contributed by atoms with Gasteiger partial charge in [0.15, 0.2) is 6.61 Å². The van der Waals surface area contributed by atoms with Crippen LogP contribution in [0.15, 0.2) is 24.3 Å². The molecule has 2 fully saturated rings. The molecule has 2 aromatic rings. The normalized spacial score (nSPS) is 20.9. The number of carbonyl (C=O) groups is 3. The van der Waals surface area contributed by atoms with Gasteiger partial charge in [-0.2, -0.15) is 0 Å². The molecule has 9 nitrogen and oxygen atoms in total. The first-order chi connectivity index (χ1) is 11.6. The van der Waals surface area contributed by atoms with Crippen molar-refractivity contribution in [1.29, 1.82) is 0 Å². The van der Waals surface area contributed by atoms with Crippen molar-refractivity contribution in [2.75, 3.05) is 19.7 Å². The average Bonchev–Trinajstić information content (AvgIpc) is 3.28. The fourth-order valence-corrected chi connectivity index (χ4v) is 3.16. The molecule has 2 saturated heterocycles. The zero-order valence-electron chi connectivity index (χ0n) is 12.8. The Labute approximate surface area is 136 Å². The lowest BCUT2D eigenvalue weighted by molar-refractivity contribution is -0.132. The Morgan fingerprint density at radius 1 is 1.29 bits per heavy atom. The summed E-state index contributed by atoms with van der Waals surface area (Å²) in [7, 11) is 0. The highest BCUT2D eigenvalue weighted by atomic mass is 16.6. The third-order valence-corrected chi connectivity index (χ3v) is 4.37. The number of cyclic esters (lactones) is 1. The number of aromatic nitrogens is 3. The molecule has 1 atom stereocenters. The zero-order valence-corrected chi connectivity index (χ0v) is 12.8. The van der Waals surface area contributed by atoms with Crippen molar-refractivity contribution in [2.24, 2.45) is 0 Å². The highest BCUT2D eigenvalue weighted by Crippen LogP contribution is 2.20. The number of amides is 3. The molecular formula is C15H15N5O4. The molecule has 3 heterocycles. The summed E-state index contributed by atoms with van der Waals surface area (Å²) in [5.74, 6) is -0.463. The number of nitrogens with zero attached hydrogens (tertiary/aromatic N) is 5. The maximum Gasteiger partial charge on any atom is 0.417 e. The number of fused-ring (bicyclic) bond motifs is 1. The Morgan fingerprint density at radius 3 is 2.92 bits per heavy atom. The van der Waals surface area contributed by atoms with Gasteiger partial charge in [0, 0.05) is 13.1 Å². The fraction of sp³-hybridized carbons (Fsp3) is 0.400. The minimum atomic E-state index is -0.624. The summed E-state index contributed by atoms with van der Waals surface area (Å²) < 4.78 is 6.29. The lowest BCUT2D eigenvalue weighted by atomic mass is 10.2. The summed E-state index contributed by atoms with van der Waals surface area (Å²) in [5, 5.41) is 8.03. The number of rotatable bonds is 3. The Kier molecular flexibility index (Phi) is 3.40. The highest BCUT2D eigenvalue weighted by molar-refractivity contribution is 5.98. The van der Waals surface area contributed by atoms with Gasteiger partial charge in [0.25, 0.3) is 5.91 Å². The van der Waals surface area contributed by atoms with Gasteiger partial charge in [0.1, 0.15) is 12.1 Å². The van der Waals surface area contributed by atoms with E-state index in [2.05, 4.69) is 10.3 Å². The number of hydrogen-bond acceptors (Lipinski definition) is 6. The Hall–Kier alpha value is -2.97. The van der Waals surface area contributed by atoms with Gasteiger partial charge in [-0.25, -0.2) is 14.4 Å². The molecule has 2 aliphatic heterocycles. The SMILES string of the molecule is O=C(Cn1nnc2ccccc21)N1CCC(N2C(=O)COC2=O)C1. The van der Waals surface area contributed by atoms with E-state index in [4.69, 9.17) is 4.74 Å². The molecule has 9 heteroatoms. The number of ether oxygens (including phenoxy) is 1. The summed E-state index contributed by atoms with van der Waals surface area (Å²) in [6.45, 7) is 0.680. The fourth-order valence-electron chi connectivity index (χ4n) is 3.16. The molecule has 2 aliphatic rings. The van der Waals surface area contributed by atoms with Gasteiger partial charge in [-0.3, -0.25) is 9.59 Å². The van der Waals surface area contributed by atoms with E-state index in [9.17, 15) is 14.4 Å². The molecular weight excluding hydrogens is 314 g/mol. The van der Waals surface area contributed by atoms with Crippen molar-refractivity contribution in [3.8, 4) is 0 Å². The molecule has 0 aliphatic carbocycles. The molecule has 0 spiro atoms. The van der Waals surface area contributed by atoms with Crippen molar-refractivity contribution in [2.45, 2.75) is 19.0 Å². The lowest BCUT2D eigenvalue weighted by Gasteiger charge is -2.20. The van der Waals surface area contributed by atoms with Crippen LogP contribution in [0.3, 0.4) is 0 Å². The molecule has 4 rings (SSSR count). The number of likely N-dealkylation sites (tertiary alicyclic amines) is 1. The van der Waals surface area contributed by atoms with Crippen LogP contribution in [0.1, 0.15) is 6.42 Å². The second-order valence-electron chi connectivity index (χ2n) is 5.84. The summed E-state index contributed by atoms with van der Waals surface area (Å²) in [5.41, 5.74) is 1.52. The molecule has 3 amide bonds. The molecule has 0 radical (unpaired) electrons. The zero-order chi connectivity index (χ0) is 16.7. The highest BCUT2D eigenvalue weighted by Gasteiger charge is 2.41. The van der Waals surface area contributed by atoms with Crippen LogP contribution in [-0.2, 0) is 20.9 Å². The number of hydrogen-bond donors (Lipinski definition) is 0. The predicted molar refractivity (Wildman–Crippen MR) is 80.7 cm³/mol. The van der Waals surface area contributed by atoms with Gasteiger partial charge < -0.3 is 9.64 Å². The number of imide groups is 1.